The third kappa shape index (κ3) is 2.88. The fourth-order valence-corrected chi connectivity index (χ4v) is 1.68. The molecule has 0 nitrogen and oxygen atoms in total. The number of benzene rings is 2. The monoisotopic (exact) mass is 254 g/mol. The lowest BCUT2D eigenvalue weighted by Crippen LogP contribution is -2.06. The quantitative estimate of drug-likeness (QED) is 0.695. The van der Waals surface area contributed by atoms with Crippen LogP contribution in [0.25, 0.3) is 0 Å². The second-order valence-electron chi connectivity index (χ2n) is 3.97. The summed E-state index contributed by atoms with van der Waals surface area (Å²) in [6, 6.07) is 11.7. The maximum absolute atomic E-state index is 13.6. The minimum Gasteiger partial charge on any atom is -0.207 e. The molecule has 0 atom stereocenters. The normalized spacial score (nSPS) is 11.6. The van der Waals surface area contributed by atoms with Crippen LogP contribution in [0.4, 0.5) is 17.6 Å². The Bertz CT molecular complexity index is 529. The standard InChI is InChI=1S/C14H10F4/c15-13-9-12(14(16,17)18)7-6-11(13)8-10-4-2-1-3-5-10/h1-7,9H,8H2. The van der Waals surface area contributed by atoms with Gasteiger partial charge >= 0.3 is 6.18 Å². The molecule has 2 aromatic carbocycles. The van der Waals surface area contributed by atoms with Gasteiger partial charge in [-0.15, -0.1) is 0 Å². The molecule has 0 radical (unpaired) electrons. The van der Waals surface area contributed by atoms with Crippen molar-refractivity contribution in [1.29, 1.82) is 0 Å². The van der Waals surface area contributed by atoms with E-state index in [2.05, 4.69) is 0 Å². The number of alkyl halides is 3. The molecule has 0 saturated heterocycles. The molecule has 0 amide bonds. The smallest absolute Gasteiger partial charge is 0.207 e. The summed E-state index contributed by atoms with van der Waals surface area (Å²) in [7, 11) is 0. The molecule has 0 heterocycles. The Morgan fingerprint density at radius 3 is 2.11 bits per heavy atom. The van der Waals surface area contributed by atoms with Gasteiger partial charge in [-0.25, -0.2) is 4.39 Å². The molecule has 2 rings (SSSR count). The first-order chi connectivity index (χ1) is 8.47. The average Bonchev–Trinajstić information content (AvgIpc) is 2.32. The number of halogens is 4. The highest BCUT2D eigenvalue weighted by atomic mass is 19.4. The van der Waals surface area contributed by atoms with E-state index in [1.54, 1.807) is 24.3 Å². The summed E-state index contributed by atoms with van der Waals surface area (Å²) < 4.78 is 50.6. The highest BCUT2D eigenvalue weighted by Gasteiger charge is 2.31. The summed E-state index contributed by atoms with van der Waals surface area (Å²) in [4.78, 5) is 0. The van der Waals surface area contributed by atoms with E-state index in [4.69, 9.17) is 0 Å². The molecular weight excluding hydrogens is 244 g/mol. The van der Waals surface area contributed by atoms with Crippen LogP contribution in [0, 0.1) is 5.82 Å². The zero-order valence-corrected chi connectivity index (χ0v) is 9.34. The van der Waals surface area contributed by atoms with Gasteiger partial charge in [0.05, 0.1) is 5.56 Å². The number of hydrogen-bond donors (Lipinski definition) is 0. The van der Waals surface area contributed by atoms with Gasteiger partial charge in [-0.3, -0.25) is 0 Å². The van der Waals surface area contributed by atoms with Crippen molar-refractivity contribution in [3.8, 4) is 0 Å². The van der Waals surface area contributed by atoms with E-state index in [-0.39, 0.29) is 12.0 Å². The molecule has 0 bridgehead atoms. The molecule has 0 aliphatic carbocycles. The largest absolute Gasteiger partial charge is 0.416 e. The van der Waals surface area contributed by atoms with Crippen molar-refractivity contribution in [3.05, 3.63) is 71.0 Å². The fraction of sp³-hybridized carbons (Fsp3) is 0.143. The van der Waals surface area contributed by atoms with E-state index in [0.717, 1.165) is 11.6 Å². The predicted octanol–water partition coefficient (Wildman–Crippen LogP) is 4.44. The minimum atomic E-state index is -4.51. The Labute approximate surface area is 102 Å². The number of hydrogen-bond acceptors (Lipinski definition) is 0. The highest BCUT2D eigenvalue weighted by molar-refractivity contribution is 5.31. The Kier molecular flexibility index (Phi) is 3.36. The van der Waals surface area contributed by atoms with Crippen LogP contribution in [-0.2, 0) is 12.6 Å². The molecule has 18 heavy (non-hydrogen) atoms. The van der Waals surface area contributed by atoms with Crippen molar-refractivity contribution in [2.24, 2.45) is 0 Å². The first-order valence-corrected chi connectivity index (χ1v) is 5.36. The second kappa shape index (κ2) is 4.80. The first kappa shape index (κ1) is 12.6. The predicted molar refractivity (Wildman–Crippen MR) is 60.7 cm³/mol. The Hall–Kier alpha value is -1.84. The summed E-state index contributed by atoms with van der Waals surface area (Å²) in [6.07, 6.45) is -4.23. The van der Waals surface area contributed by atoms with Crippen molar-refractivity contribution in [1.82, 2.24) is 0 Å². The molecule has 0 aliphatic heterocycles. The maximum Gasteiger partial charge on any atom is 0.416 e. The Balaban J connectivity index is 2.26. The SMILES string of the molecule is Fc1cc(C(F)(F)F)ccc1Cc1ccccc1. The van der Waals surface area contributed by atoms with Crippen molar-refractivity contribution in [2.45, 2.75) is 12.6 Å². The van der Waals surface area contributed by atoms with Crippen LogP contribution in [0.2, 0.25) is 0 Å². The highest BCUT2D eigenvalue weighted by Crippen LogP contribution is 2.30. The molecule has 94 valence electrons. The van der Waals surface area contributed by atoms with Gasteiger partial charge in [-0.2, -0.15) is 13.2 Å². The molecule has 0 unspecified atom stereocenters. The van der Waals surface area contributed by atoms with E-state index in [9.17, 15) is 17.6 Å². The summed E-state index contributed by atoms with van der Waals surface area (Å²) >= 11 is 0. The van der Waals surface area contributed by atoms with Gasteiger partial charge in [0.1, 0.15) is 5.82 Å². The van der Waals surface area contributed by atoms with Crippen LogP contribution < -0.4 is 0 Å². The Morgan fingerprint density at radius 1 is 0.889 bits per heavy atom. The van der Waals surface area contributed by atoms with Gasteiger partial charge in [0, 0.05) is 6.42 Å². The third-order valence-corrected chi connectivity index (χ3v) is 2.62. The lowest BCUT2D eigenvalue weighted by molar-refractivity contribution is -0.137. The molecule has 2 aromatic rings. The summed E-state index contributed by atoms with van der Waals surface area (Å²) in [5.41, 5.74) is 0.155. The molecule has 0 aliphatic rings. The Morgan fingerprint density at radius 2 is 1.56 bits per heavy atom. The summed E-state index contributed by atoms with van der Waals surface area (Å²) in [5.74, 6) is -0.825. The molecule has 0 spiro atoms. The van der Waals surface area contributed by atoms with Crippen LogP contribution in [0.5, 0.6) is 0 Å². The summed E-state index contributed by atoms with van der Waals surface area (Å²) in [5, 5.41) is 0. The van der Waals surface area contributed by atoms with Crippen molar-refractivity contribution in [3.63, 3.8) is 0 Å². The maximum atomic E-state index is 13.6. The second-order valence-corrected chi connectivity index (χ2v) is 3.97. The van der Waals surface area contributed by atoms with E-state index in [0.29, 0.717) is 6.07 Å². The van der Waals surface area contributed by atoms with Crippen molar-refractivity contribution in [2.75, 3.05) is 0 Å². The zero-order chi connectivity index (χ0) is 13.2. The molecule has 0 N–H and O–H groups in total. The molecule has 0 aromatic heterocycles. The molecule has 0 saturated carbocycles. The molecular formula is C14H10F4. The molecule has 4 heteroatoms. The van der Waals surface area contributed by atoms with Gasteiger partial charge in [-0.1, -0.05) is 36.4 Å². The van der Waals surface area contributed by atoms with Gasteiger partial charge in [0.15, 0.2) is 0 Å². The van der Waals surface area contributed by atoms with Crippen LogP contribution in [0.15, 0.2) is 48.5 Å². The first-order valence-electron chi connectivity index (χ1n) is 5.36. The number of rotatable bonds is 2. The van der Waals surface area contributed by atoms with Crippen LogP contribution in [0.3, 0.4) is 0 Å². The lowest BCUT2D eigenvalue weighted by Gasteiger charge is -2.09. The van der Waals surface area contributed by atoms with Crippen LogP contribution in [-0.4, -0.2) is 0 Å². The van der Waals surface area contributed by atoms with E-state index < -0.39 is 17.6 Å². The topological polar surface area (TPSA) is 0 Å². The lowest BCUT2D eigenvalue weighted by atomic mass is 10.0. The fourth-order valence-electron chi connectivity index (χ4n) is 1.68. The summed E-state index contributed by atoms with van der Waals surface area (Å²) in [6.45, 7) is 0. The van der Waals surface area contributed by atoms with Crippen molar-refractivity contribution < 1.29 is 17.6 Å². The van der Waals surface area contributed by atoms with Gasteiger partial charge in [0.2, 0.25) is 0 Å². The van der Waals surface area contributed by atoms with Gasteiger partial charge in [-0.05, 0) is 23.3 Å². The van der Waals surface area contributed by atoms with E-state index in [1.807, 2.05) is 6.07 Å². The van der Waals surface area contributed by atoms with E-state index >= 15 is 0 Å². The van der Waals surface area contributed by atoms with Crippen LogP contribution >= 0.6 is 0 Å². The van der Waals surface area contributed by atoms with Crippen molar-refractivity contribution >= 4 is 0 Å². The minimum absolute atomic E-state index is 0.259. The van der Waals surface area contributed by atoms with E-state index in [1.165, 1.54) is 6.07 Å². The van der Waals surface area contributed by atoms with Crippen LogP contribution in [0.1, 0.15) is 16.7 Å². The van der Waals surface area contributed by atoms with Gasteiger partial charge in [0.25, 0.3) is 0 Å². The zero-order valence-electron chi connectivity index (χ0n) is 9.34. The molecule has 0 fully saturated rings. The third-order valence-electron chi connectivity index (χ3n) is 2.62. The van der Waals surface area contributed by atoms with Gasteiger partial charge < -0.3 is 0 Å². The average molecular weight is 254 g/mol.